The lowest BCUT2D eigenvalue weighted by molar-refractivity contribution is 0.991. The summed E-state index contributed by atoms with van der Waals surface area (Å²) in [6, 6.07) is 20.9. The number of aromatic nitrogens is 3. The summed E-state index contributed by atoms with van der Waals surface area (Å²) in [5.41, 5.74) is 4.52. The third-order valence-corrected chi connectivity index (χ3v) is 3.97. The smallest absolute Gasteiger partial charge is 0.255 e. The molecule has 0 saturated heterocycles. The molecule has 4 rings (SSSR count). The van der Waals surface area contributed by atoms with E-state index in [2.05, 4.69) is 16.0 Å². The Balaban J connectivity index is 1.96. The van der Waals surface area contributed by atoms with Gasteiger partial charge in [-0.2, -0.15) is 0 Å². The van der Waals surface area contributed by atoms with Crippen LogP contribution in [-0.2, 0) is 0 Å². The zero-order valence-corrected chi connectivity index (χ0v) is 13.4. The minimum absolute atomic E-state index is 0.0715. The molecule has 0 atom stereocenters. The standard InChI is InChI=1S/C21H15N3O/c25-21-8-2-4-11-24(21)19-13-17(16-6-5-9-22-15-16)12-18(14-19)20-7-1-3-10-23-20/h1-15H. The van der Waals surface area contributed by atoms with Gasteiger partial charge in [0.15, 0.2) is 0 Å². The van der Waals surface area contributed by atoms with E-state index < -0.39 is 0 Å². The Labute approximate surface area is 145 Å². The fraction of sp³-hybridized carbons (Fsp3) is 0. The summed E-state index contributed by atoms with van der Waals surface area (Å²) in [4.78, 5) is 20.9. The van der Waals surface area contributed by atoms with Gasteiger partial charge in [-0.25, -0.2) is 0 Å². The van der Waals surface area contributed by atoms with Crippen molar-refractivity contribution in [3.05, 3.63) is 102 Å². The molecule has 0 spiro atoms. The minimum atomic E-state index is -0.0715. The zero-order chi connectivity index (χ0) is 17.1. The average molecular weight is 325 g/mol. The molecular formula is C21H15N3O. The largest absolute Gasteiger partial charge is 0.284 e. The summed E-state index contributed by atoms with van der Waals surface area (Å²) in [5.74, 6) is 0. The lowest BCUT2D eigenvalue weighted by Gasteiger charge is -2.11. The molecule has 3 heterocycles. The number of pyridine rings is 3. The van der Waals surface area contributed by atoms with E-state index in [1.807, 2.05) is 54.7 Å². The molecule has 120 valence electrons. The molecule has 25 heavy (non-hydrogen) atoms. The minimum Gasteiger partial charge on any atom is -0.284 e. The van der Waals surface area contributed by atoms with Crippen LogP contribution in [0.5, 0.6) is 0 Å². The van der Waals surface area contributed by atoms with Crippen molar-refractivity contribution in [1.29, 1.82) is 0 Å². The van der Waals surface area contributed by atoms with E-state index in [1.54, 1.807) is 35.3 Å². The lowest BCUT2D eigenvalue weighted by atomic mass is 10.0. The summed E-state index contributed by atoms with van der Waals surface area (Å²) in [5, 5.41) is 0. The highest BCUT2D eigenvalue weighted by Crippen LogP contribution is 2.28. The topological polar surface area (TPSA) is 47.8 Å². The molecule has 0 unspecified atom stereocenters. The molecule has 0 aliphatic heterocycles. The quantitative estimate of drug-likeness (QED) is 0.573. The molecule has 0 amide bonds. The molecule has 0 fully saturated rings. The first-order valence-corrected chi connectivity index (χ1v) is 7.96. The summed E-state index contributed by atoms with van der Waals surface area (Å²) < 4.78 is 1.63. The van der Waals surface area contributed by atoms with Crippen LogP contribution in [0.3, 0.4) is 0 Å². The van der Waals surface area contributed by atoms with Crippen molar-refractivity contribution >= 4 is 0 Å². The van der Waals surface area contributed by atoms with Gasteiger partial charge in [0.05, 0.1) is 5.69 Å². The van der Waals surface area contributed by atoms with Gasteiger partial charge in [0.2, 0.25) is 0 Å². The second-order valence-corrected chi connectivity index (χ2v) is 5.63. The van der Waals surface area contributed by atoms with Crippen LogP contribution in [0.25, 0.3) is 28.1 Å². The van der Waals surface area contributed by atoms with Crippen molar-refractivity contribution in [2.24, 2.45) is 0 Å². The molecular weight excluding hydrogens is 310 g/mol. The number of rotatable bonds is 3. The molecule has 0 radical (unpaired) electrons. The zero-order valence-electron chi connectivity index (χ0n) is 13.4. The first kappa shape index (κ1) is 15.0. The summed E-state index contributed by atoms with van der Waals surface area (Å²) in [6.45, 7) is 0. The van der Waals surface area contributed by atoms with E-state index in [1.165, 1.54) is 0 Å². The Morgan fingerprint density at radius 3 is 2.40 bits per heavy atom. The normalized spacial score (nSPS) is 10.6. The van der Waals surface area contributed by atoms with E-state index in [0.717, 1.165) is 28.1 Å². The highest BCUT2D eigenvalue weighted by Gasteiger charge is 2.08. The molecule has 4 heteroatoms. The second-order valence-electron chi connectivity index (χ2n) is 5.63. The van der Waals surface area contributed by atoms with Crippen molar-refractivity contribution in [2.75, 3.05) is 0 Å². The molecule has 1 aromatic carbocycles. The first-order valence-electron chi connectivity index (χ1n) is 7.96. The monoisotopic (exact) mass is 325 g/mol. The van der Waals surface area contributed by atoms with Crippen molar-refractivity contribution in [1.82, 2.24) is 14.5 Å². The van der Waals surface area contributed by atoms with Gasteiger partial charge in [0.25, 0.3) is 5.56 Å². The molecule has 0 aliphatic rings. The van der Waals surface area contributed by atoms with Crippen molar-refractivity contribution in [3.63, 3.8) is 0 Å². The van der Waals surface area contributed by atoms with Crippen LogP contribution in [-0.4, -0.2) is 14.5 Å². The van der Waals surface area contributed by atoms with Gasteiger partial charge in [-0.15, -0.1) is 0 Å². The number of nitrogens with zero attached hydrogens (tertiary/aromatic N) is 3. The highest BCUT2D eigenvalue weighted by molar-refractivity contribution is 5.74. The fourth-order valence-corrected chi connectivity index (χ4v) is 2.77. The molecule has 4 nitrogen and oxygen atoms in total. The maximum Gasteiger partial charge on any atom is 0.255 e. The van der Waals surface area contributed by atoms with Crippen LogP contribution in [0.1, 0.15) is 0 Å². The first-order chi connectivity index (χ1) is 12.3. The Hall–Kier alpha value is -3.53. The van der Waals surface area contributed by atoms with Crippen LogP contribution in [0.4, 0.5) is 0 Å². The number of benzene rings is 1. The maximum absolute atomic E-state index is 12.3. The predicted octanol–water partition coefficient (Wildman–Crippen LogP) is 3.96. The van der Waals surface area contributed by atoms with Crippen LogP contribution < -0.4 is 5.56 Å². The van der Waals surface area contributed by atoms with Crippen LogP contribution in [0.2, 0.25) is 0 Å². The Morgan fingerprint density at radius 2 is 1.64 bits per heavy atom. The molecule has 3 aromatic heterocycles. The third-order valence-electron chi connectivity index (χ3n) is 3.97. The van der Waals surface area contributed by atoms with E-state index in [4.69, 9.17) is 0 Å². The van der Waals surface area contributed by atoms with E-state index >= 15 is 0 Å². The summed E-state index contributed by atoms with van der Waals surface area (Å²) in [7, 11) is 0. The predicted molar refractivity (Wildman–Crippen MR) is 98.5 cm³/mol. The van der Waals surface area contributed by atoms with Crippen molar-refractivity contribution in [2.45, 2.75) is 0 Å². The van der Waals surface area contributed by atoms with Crippen molar-refractivity contribution < 1.29 is 0 Å². The molecule has 0 saturated carbocycles. The number of hydrogen-bond donors (Lipinski definition) is 0. The van der Waals surface area contributed by atoms with Gasteiger partial charge in [0.1, 0.15) is 0 Å². The average Bonchev–Trinajstić information content (AvgIpc) is 2.69. The second kappa shape index (κ2) is 6.53. The fourth-order valence-electron chi connectivity index (χ4n) is 2.77. The SMILES string of the molecule is O=c1ccccn1-c1cc(-c2cccnc2)cc(-c2ccccn2)c1. The van der Waals surface area contributed by atoms with E-state index in [0.29, 0.717) is 0 Å². The van der Waals surface area contributed by atoms with Crippen LogP contribution >= 0.6 is 0 Å². The van der Waals surface area contributed by atoms with Gasteiger partial charge in [-0.1, -0.05) is 18.2 Å². The van der Waals surface area contributed by atoms with Gasteiger partial charge in [-0.05, 0) is 48.0 Å². The van der Waals surface area contributed by atoms with E-state index in [-0.39, 0.29) is 5.56 Å². The molecule has 0 bridgehead atoms. The summed E-state index contributed by atoms with van der Waals surface area (Å²) >= 11 is 0. The van der Waals surface area contributed by atoms with Gasteiger partial charge < -0.3 is 0 Å². The van der Waals surface area contributed by atoms with Crippen LogP contribution in [0, 0.1) is 0 Å². The summed E-state index contributed by atoms with van der Waals surface area (Å²) in [6.07, 6.45) is 7.09. The Morgan fingerprint density at radius 1 is 0.760 bits per heavy atom. The number of hydrogen-bond acceptors (Lipinski definition) is 3. The van der Waals surface area contributed by atoms with Crippen molar-refractivity contribution in [3.8, 4) is 28.1 Å². The Bertz CT molecular complexity index is 999. The maximum atomic E-state index is 12.3. The molecule has 0 N–H and O–H groups in total. The van der Waals surface area contributed by atoms with Gasteiger partial charge >= 0.3 is 0 Å². The highest BCUT2D eigenvalue weighted by atomic mass is 16.1. The van der Waals surface area contributed by atoms with Crippen LogP contribution in [0.15, 0.2) is 96.3 Å². The third kappa shape index (κ3) is 3.10. The lowest BCUT2D eigenvalue weighted by Crippen LogP contribution is -2.15. The van der Waals surface area contributed by atoms with E-state index in [9.17, 15) is 4.79 Å². The van der Waals surface area contributed by atoms with Gasteiger partial charge in [-0.3, -0.25) is 19.3 Å². The molecule has 0 aliphatic carbocycles. The van der Waals surface area contributed by atoms with Gasteiger partial charge in [0, 0.05) is 47.7 Å². The molecule has 4 aromatic rings. The Kier molecular flexibility index (Phi) is 3.92.